The van der Waals surface area contributed by atoms with Gasteiger partial charge in [0, 0.05) is 19.3 Å². The predicted octanol–water partition coefficient (Wildman–Crippen LogP) is 3.22. The van der Waals surface area contributed by atoms with E-state index in [4.69, 9.17) is 4.74 Å². The molecule has 0 fully saturated rings. The van der Waals surface area contributed by atoms with Gasteiger partial charge in [-0.3, -0.25) is 4.90 Å². The Morgan fingerprint density at radius 3 is 2.75 bits per heavy atom. The molecular weight excluding hydrogens is 269 g/mol. The molecule has 110 valence electrons. The lowest BCUT2D eigenvalue weighted by molar-refractivity contribution is -0.139. The van der Waals surface area contributed by atoms with Crippen LogP contribution in [0, 0.1) is 0 Å². The molecule has 0 atom stereocenters. The number of alkyl halides is 3. The third kappa shape index (κ3) is 3.12. The van der Waals surface area contributed by atoms with Gasteiger partial charge in [-0.15, -0.1) is 0 Å². The number of ether oxygens (including phenoxy) is 1. The summed E-state index contributed by atoms with van der Waals surface area (Å²) in [5.74, 6) is -0.384. The van der Waals surface area contributed by atoms with E-state index >= 15 is 0 Å². The van der Waals surface area contributed by atoms with Crippen molar-refractivity contribution in [3.05, 3.63) is 29.5 Å². The van der Waals surface area contributed by atoms with Gasteiger partial charge in [-0.25, -0.2) is 4.98 Å². The standard InChI is InChI=1S/C14H17F3N2O/c1-3-19-6-4-5-10(9-19)11-7-12(14(15,16)17)13(20-2)18-8-11/h5,7-8H,3-4,6,9H2,1-2H3. The lowest BCUT2D eigenvalue weighted by Crippen LogP contribution is -2.29. The molecule has 0 saturated carbocycles. The molecule has 0 aromatic carbocycles. The Balaban J connectivity index is 2.36. The molecule has 2 rings (SSSR count). The highest BCUT2D eigenvalue weighted by Crippen LogP contribution is 2.36. The van der Waals surface area contributed by atoms with E-state index in [0.717, 1.165) is 31.1 Å². The first-order valence-corrected chi connectivity index (χ1v) is 6.48. The van der Waals surface area contributed by atoms with E-state index < -0.39 is 11.7 Å². The van der Waals surface area contributed by atoms with Gasteiger partial charge in [0.1, 0.15) is 5.56 Å². The molecule has 1 aliphatic rings. The normalized spacial score (nSPS) is 16.9. The van der Waals surface area contributed by atoms with Crippen molar-refractivity contribution in [2.75, 3.05) is 26.7 Å². The second kappa shape index (κ2) is 5.83. The van der Waals surface area contributed by atoms with Crippen molar-refractivity contribution >= 4 is 5.57 Å². The van der Waals surface area contributed by atoms with Crippen molar-refractivity contribution in [1.82, 2.24) is 9.88 Å². The molecule has 6 heteroatoms. The number of halogens is 3. The first kappa shape index (κ1) is 14.8. The van der Waals surface area contributed by atoms with E-state index in [1.165, 1.54) is 13.3 Å². The van der Waals surface area contributed by atoms with Crippen LogP contribution in [0.1, 0.15) is 24.5 Å². The van der Waals surface area contributed by atoms with Gasteiger partial charge >= 0.3 is 6.18 Å². The van der Waals surface area contributed by atoms with Gasteiger partial charge in [-0.05, 0) is 30.2 Å². The fourth-order valence-electron chi connectivity index (χ4n) is 2.28. The minimum atomic E-state index is -4.46. The predicted molar refractivity (Wildman–Crippen MR) is 70.5 cm³/mol. The molecule has 0 amide bonds. The van der Waals surface area contributed by atoms with Crippen LogP contribution in [0.15, 0.2) is 18.3 Å². The van der Waals surface area contributed by atoms with E-state index in [2.05, 4.69) is 9.88 Å². The van der Waals surface area contributed by atoms with E-state index in [-0.39, 0.29) is 5.88 Å². The highest BCUT2D eigenvalue weighted by Gasteiger charge is 2.35. The number of nitrogens with zero attached hydrogens (tertiary/aromatic N) is 2. The first-order valence-electron chi connectivity index (χ1n) is 6.48. The topological polar surface area (TPSA) is 25.4 Å². The summed E-state index contributed by atoms with van der Waals surface area (Å²) in [5, 5.41) is 0. The Bertz CT molecular complexity index is 512. The van der Waals surface area contributed by atoms with Crippen LogP contribution >= 0.6 is 0 Å². The van der Waals surface area contributed by atoms with Gasteiger partial charge in [0.2, 0.25) is 5.88 Å². The summed E-state index contributed by atoms with van der Waals surface area (Å²) in [6.45, 7) is 4.51. The molecule has 0 saturated heterocycles. The summed E-state index contributed by atoms with van der Waals surface area (Å²) in [6.07, 6.45) is -0.195. The monoisotopic (exact) mass is 286 g/mol. The molecule has 0 N–H and O–H groups in total. The van der Waals surface area contributed by atoms with Crippen molar-refractivity contribution in [2.45, 2.75) is 19.5 Å². The maximum atomic E-state index is 13.0. The summed E-state index contributed by atoms with van der Waals surface area (Å²) in [7, 11) is 1.19. The van der Waals surface area contributed by atoms with E-state index in [1.807, 2.05) is 13.0 Å². The number of methoxy groups -OCH3 is 1. The maximum absolute atomic E-state index is 13.0. The van der Waals surface area contributed by atoms with Crippen LogP contribution in [0.3, 0.4) is 0 Å². The van der Waals surface area contributed by atoms with Crippen LogP contribution in [0.25, 0.3) is 5.57 Å². The lowest BCUT2D eigenvalue weighted by Gasteiger charge is -2.26. The van der Waals surface area contributed by atoms with Gasteiger partial charge in [-0.2, -0.15) is 13.2 Å². The van der Waals surface area contributed by atoms with Crippen molar-refractivity contribution in [1.29, 1.82) is 0 Å². The van der Waals surface area contributed by atoms with Gasteiger partial charge in [0.25, 0.3) is 0 Å². The van der Waals surface area contributed by atoms with Crippen LogP contribution in [-0.4, -0.2) is 36.6 Å². The van der Waals surface area contributed by atoms with Gasteiger partial charge < -0.3 is 4.74 Å². The Kier molecular flexibility index (Phi) is 4.32. The number of likely N-dealkylation sites (N-methyl/N-ethyl adjacent to an activating group) is 1. The molecule has 1 aromatic heterocycles. The largest absolute Gasteiger partial charge is 0.481 e. The molecule has 0 radical (unpaired) electrons. The first-order chi connectivity index (χ1) is 9.45. The maximum Gasteiger partial charge on any atom is 0.421 e. The number of rotatable bonds is 3. The number of hydrogen-bond acceptors (Lipinski definition) is 3. The second-order valence-corrected chi connectivity index (χ2v) is 4.67. The number of hydrogen-bond donors (Lipinski definition) is 0. The SMILES string of the molecule is CCN1CCC=C(c2cnc(OC)c(C(F)(F)F)c2)C1. The minimum Gasteiger partial charge on any atom is -0.481 e. The Morgan fingerprint density at radius 2 is 2.15 bits per heavy atom. The third-order valence-corrected chi connectivity index (χ3v) is 3.40. The average Bonchev–Trinajstić information content (AvgIpc) is 2.45. The molecule has 0 spiro atoms. The fraction of sp³-hybridized carbons (Fsp3) is 0.500. The number of pyridine rings is 1. The zero-order valence-corrected chi connectivity index (χ0v) is 11.5. The zero-order valence-electron chi connectivity index (χ0n) is 11.5. The molecular formula is C14H17F3N2O. The minimum absolute atomic E-state index is 0.384. The van der Waals surface area contributed by atoms with E-state index in [1.54, 1.807) is 0 Å². The van der Waals surface area contributed by atoms with Crippen molar-refractivity contribution in [3.8, 4) is 5.88 Å². The van der Waals surface area contributed by atoms with Gasteiger partial charge in [0.15, 0.2) is 0 Å². The molecule has 20 heavy (non-hydrogen) atoms. The molecule has 2 heterocycles. The molecule has 0 bridgehead atoms. The Morgan fingerprint density at radius 1 is 1.40 bits per heavy atom. The molecule has 0 unspecified atom stereocenters. The van der Waals surface area contributed by atoms with E-state index in [9.17, 15) is 13.2 Å². The van der Waals surface area contributed by atoms with Gasteiger partial charge in [0.05, 0.1) is 7.11 Å². The summed E-state index contributed by atoms with van der Waals surface area (Å²) < 4.78 is 43.6. The van der Waals surface area contributed by atoms with Crippen LogP contribution in [0.4, 0.5) is 13.2 Å². The fourth-order valence-corrected chi connectivity index (χ4v) is 2.28. The van der Waals surface area contributed by atoms with Crippen molar-refractivity contribution < 1.29 is 17.9 Å². The Labute approximate surface area is 116 Å². The highest BCUT2D eigenvalue weighted by atomic mass is 19.4. The smallest absolute Gasteiger partial charge is 0.421 e. The second-order valence-electron chi connectivity index (χ2n) is 4.67. The summed E-state index contributed by atoms with van der Waals surface area (Å²) in [5.41, 5.74) is 0.571. The van der Waals surface area contributed by atoms with Crippen LogP contribution in [0.5, 0.6) is 5.88 Å². The van der Waals surface area contributed by atoms with Crippen LogP contribution in [0.2, 0.25) is 0 Å². The summed E-state index contributed by atoms with van der Waals surface area (Å²) >= 11 is 0. The summed E-state index contributed by atoms with van der Waals surface area (Å²) in [4.78, 5) is 5.98. The summed E-state index contributed by atoms with van der Waals surface area (Å²) in [6, 6.07) is 1.12. The quantitative estimate of drug-likeness (QED) is 0.853. The molecule has 0 aliphatic carbocycles. The lowest BCUT2D eigenvalue weighted by atomic mass is 10.0. The Hall–Kier alpha value is -1.56. The van der Waals surface area contributed by atoms with E-state index in [0.29, 0.717) is 12.1 Å². The van der Waals surface area contributed by atoms with Crippen LogP contribution in [-0.2, 0) is 6.18 Å². The zero-order chi connectivity index (χ0) is 14.8. The third-order valence-electron chi connectivity index (χ3n) is 3.40. The molecule has 3 nitrogen and oxygen atoms in total. The molecule has 1 aromatic rings. The average molecular weight is 286 g/mol. The highest BCUT2D eigenvalue weighted by molar-refractivity contribution is 5.68. The molecule has 1 aliphatic heterocycles. The van der Waals surface area contributed by atoms with Gasteiger partial charge in [-0.1, -0.05) is 13.0 Å². The number of aromatic nitrogens is 1. The van der Waals surface area contributed by atoms with Crippen molar-refractivity contribution in [3.63, 3.8) is 0 Å². The van der Waals surface area contributed by atoms with Crippen molar-refractivity contribution in [2.24, 2.45) is 0 Å². The van der Waals surface area contributed by atoms with Crippen LogP contribution < -0.4 is 4.74 Å².